The molecule has 1 aliphatic rings. The van der Waals surface area contributed by atoms with Crippen molar-refractivity contribution in [3.05, 3.63) is 15.8 Å². The predicted molar refractivity (Wildman–Crippen MR) is 80.8 cm³/mol. The highest BCUT2D eigenvalue weighted by atomic mass is 32.1. The molecule has 4 nitrogen and oxygen atoms in total. The van der Waals surface area contributed by atoms with Crippen molar-refractivity contribution in [2.45, 2.75) is 58.3 Å². The quantitative estimate of drug-likeness (QED) is 0.827. The average Bonchev–Trinajstić information content (AvgIpc) is 3.05. The van der Waals surface area contributed by atoms with Crippen LogP contribution in [0.2, 0.25) is 0 Å². The predicted octanol–water partition coefficient (Wildman–Crippen LogP) is 3.74. The van der Waals surface area contributed by atoms with Gasteiger partial charge in [0.05, 0.1) is 6.10 Å². The molecule has 22 heavy (non-hydrogen) atoms. The van der Waals surface area contributed by atoms with Gasteiger partial charge in [0.25, 0.3) is 5.91 Å². The number of hydrogen-bond acceptors (Lipinski definition) is 4. The molecule has 2 unspecified atom stereocenters. The summed E-state index contributed by atoms with van der Waals surface area (Å²) < 4.78 is 34.7. The molecule has 1 aliphatic heterocycles. The number of nitrogens with one attached hydrogen (secondary N) is 1. The Morgan fingerprint density at radius 2 is 2.36 bits per heavy atom. The number of alkyl halides is 2. The van der Waals surface area contributed by atoms with Crippen LogP contribution in [-0.4, -0.2) is 31.3 Å². The molecular formula is C15H21F2NO3S. The third kappa shape index (κ3) is 4.91. The summed E-state index contributed by atoms with van der Waals surface area (Å²) in [6.07, 6.45) is 4.13. The van der Waals surface area contributed by atoms with Gasteiger partial charge in [0, 0.05) is 17.5 Å². The van der Waals surface area contributed by atoms with Gasteiger partial charge < -0.3 is 14.8 Å². The van der Waals surface area contributed by atoms with Crippen LogP contribution in [0.1, 0.15) is 47.2 Å². The molecule has 2 atom stereocenters. The van der Waals surface area contributed by atoms with Gasteiger partial charge in [-0.05, 0) is 45.6 Å². The lowest BCUT2D eigenvalue weighted by Gasteiger charge is -2.16. The second kappa shape index (κ2) is 7.87. The molecule has 0 saturated carbocycles. The number of ether oxygens (including phenoxy) is 2. The van der Waals surface area contributed by atoms with E-state index in [4.69, 9.17) is 4.74 Å². The largest absolute Gasteiger partial charge is 0.433 e. The van der Waals surface area contributed by atoms with Crippen molar-refractivity contribution in [2.75, 3.05) is 6.61 Å². The number of rotatable bonds is 7. The highest BCUT2D eigenvalue weighted by molar-refractivity contribution is 7.14. The van der Waals surface area contributed by atoms with Crippen molar-refractivity contribution < 1.29 is 23.0 Å². The molecule has 124 valence electrons. The van der Waals surface area contributed by atoms with Gasteiger partial charge in [-0.3, -0.25) is 4.79 Å². The molecule has 1 amide bonds. The zero-order valence-electron chi connectivity index (χ0n) is 12.7. The molecule has 0 aromatic carbocycles. The number of amides is 1. The first-order chi connectivity index (χ1) is 10.5. The van der Waals surface area contributed by atoms with Crippen molar-refractivity contribution in [1.29, 1.82) is 0 Å². The Bertz CT molecular complexity index is 501. The summed E-state index contributed by atoms with van der Waals surface area (Å²) in [5.41, 5.74) is 0. The Kier molecular flexibility index (Phi) is 6.14. The van der Waals surface area contributed by atoms with Crippen LogP contribution in [0, 0.1) is 6.92 Å². The molecule has 1 aromatic rings. The van der Waals surface area contributed by atoms with E-state index in [0.29, 0.717) is 0 Å². The van der Waals surface area contributed by atoms with Crippen LogP contribution < -0.4 is 10.1 Å². The van der Waals surface area contributed by atoms with E-state index in [9.17, 15) is 13.6 Å². The minimum Gasteiger partial charge on any atom is -0.433 e. The van der Waals surface area contributed by atoms with E-state index in [-0.39, 0.29) is 28.7 Å². The molecule has 0 radical (unpaired) electrons. The van der Waals surface area contributed by atoms with Crippen molar-refractivity contribution >= 4 is 17.2 Å². The Balaban J connectivity index is 1.87. The van der Waals surface area contributed by atoms with Crippen LogP contribution in [0.5, 0.6) is 5.75 Å². The summed E-state index contributed by atoms with van der Waals surface area (Å²) in [5.74, 6) is -0.421. The van der Waals surface area contributed by atoms with Gasteiger partial charge in [-0.25, -0.2) is 0 Å². The molecule has 2 rings (SSSR count). The van der Waals surface area contributed by atoms with Crippen molar-refractivity contribution in [3.63, 3.8) is 0 Å². The highest BCUT2D eigenvalue weighted by Crippen LogP contribution is 2.30. The van der Waals surface area contributed by atoms with E-state index < -0.39 is 6.61 Å². The molecule has 1 N–H and O–H groups in total. The minimum atomic E-state index is -2.93. The Morgan fingerprint density at radius 1 is 1.59 bits per heavy atom. The lowest BCUT2D eigenvalue weighted by molar-refractivity contribution is -0.0498. The van der Waals surface area contributed by atoms with Crippen molar-refractivity contribution in [1.82, 2.24) is 5.32 Å². The van der Waals surface area contributed by atoms with E-state index in [0.717, 1.165) is 48.5 Å². The zero-order chi connectivity index (χ0) is 16.1. The molecule has 0 bridgehead atoms. The Morgan fingerprint density at radius 3 is 3.00 bits per heavy atom. The third-order valence-corrected chi connectivity index (χ3v) is 4.60. The number of carbonyl (C=O) groups is 1. The fourth-order valence-electron chi connectivity index (χ4n) is 2.50. The van der Waals surface area contributed by atoms with Crippen LogP contribution in [0.3, 0.4) is 0 Å². The fraction of sp³-hybridized carbons (Fsp3) is 0.667. The highest BCUT2D eigenvalue weighted by Gasteiger charge is 2.21. The third-order valence-electron chi connectivity index (χ3n) is 3.57. The maximum absolute atomic E-state index is 12.4. The van der Waals surface area contributed by atoms with Crippen LogP contribution in [-0.2, 0) is 4.74 Å². The number of carbonyl (C=O) groups excluding carboxylic acids is 1. The smallest absolute Gasteiger partial charge is 0.387 e. The van der Waals surface area contributed by atoms with Crippen LogP contribution in [0.25, 0.3) is 0 Å². The van der Waals surface area contributed by atoms with Gasteiger partial charge >= 0.3 is 6.61 Å². The Hall–Kier alpha value is -1.21. The average molecular weight is 333 g/mol. The number of thiophene rings is 1. The monoisotopic (exact) mass is 333 g/mol. The maximum Gasteiger partial charge on any atom is 0.387 e. The van der Waals surface area contributed by atoms with E-state index in [1.807, 2.05) is 6.92 Å². The zero-order valence-corrected chi connectivity index (χ0v) is 13.6. The maximum atomic E-state index is 12.4. The van der Waals surface area contributed by atoms with Gasteiger partial charge in [-0.1, -0.05) is 0 Å². The first-order valence-electron chi connectivity index (χ1n) is 7.43. The summed E-state index contributed by atoms with van der Waals surface area (Å²) in [7, 11) is 0. The van der Waals surface area contributed by atoms with Gasteiger partial charge in [0.1, 0.15) is 10.6 Å². The topological polar surface area (TPSA) is 47.6 Å². The molecule has 0 spiro atoms. The van der Waals surface area contributed by atoms with Crippen molar-refractivity contribution in [2.24, 2.45) is 0 Å². The minimum absolute atomic E-state index is 0.0430. The van der Waals surface area contributed by atoms with Gasteiger partial charge in [-0.15, -0.1) is 11.3 Å². The van der Waals surface area contributed by atoms with Gasteiger partial charge in [-0.2, -0.15) is 8.78 Å². The summed E-state index contributed by atoms with van der Waals surface area (Å²) in [4.78, 5) is 13.2. The SMILES string of the molecule is Cc1cc(OC(F)F)c(C(=O)NC(C)CCC2CCCO2)s1. The molecule has 0 aliphatic carbocycles. The second-order valence-electron chi connectivity index (χ2n) is 5.52. The first kappa shape index (κ1) is 17.1. The second-order valence-corrected chi connectivity index (χ2v) is 6.77. The summed E-state index contributed by atoms with van der Waals surface area (Å²) >= 11 is 1.15. The van der Waals surface area contributed by atoms with Crippen LogP contribution in [0.4, 0.5) is 8.78 Å². The van der Waals surface area contributed by atoms with Crippen LogP contribution in [0.15, 0.2) is 6.07 Å². The molecular weight excluding hydrogens is 312 g/mol. The number of halogens is 2. The number of aryl methyl sites for hydroxylation is 1. The first-order valence-corrected chi connectivity index (χ1v) is 8.25. The van der Waals surface area contributed by atoms with E-state index in [1.165, 1.54) is 6.07 Å². The van der Waals surface area contributed by atoms with E-state index in [2.05, 4.69) is 10.1 Å². The fourth-order valence-corrected chi connectivity index (χ4v) is 3.35. The standard InChI is InChI=1S/C15H21F2NO3S/c1-9(5-6-11-4-3-7-20-11)18-14(19)13-12(21-15(16)17)8-10(2)22-13/h8-9,11,15H,3-7H2,1-2H3,(H,18,19). The molecule has 1 aromatic heterocycles. The Labute approximate surface area is 132 Å². The van der Waals surface area contributed by atoms with Gasteiger partial charge in [0.15, 0.2) is 0 Å². The van der Waals surface area contributed by atoms with E-state index in [1.54, 1.807) is 6.92 Å². The number of hydrogen-bond donors (Lipinski definition) is 1. The molecule has 2 heterocycles. The lowest BCUT2D eigenvalue weighted by atomic mass is 10.1. The van der Waals surface area contributed by atoms with Crippen LogP contribution >= 0.6 is 11.3 Å². The summed E-state index contributed by atoms with van der Waals surface area (Å²) in [6, 6.07) is 1.42. The summed E-state index contributed by atoms with van der Waals surface area (Å²) in [5, 5.41) is 2.84. The normalized spacial score (nSPS) is 19.4. The molecule has 1 saturated heterocycles. The lowest BCUT2D eigenvalue weighted by Crippen LogP contribution is -2.33. The van der Waals surface area contributed by atoms with E-state index >= 15 is 0 Å². The molecule has 7 heteroatoms. The van der Waals surface area contributed by atoms with Gasteiger partial charge in [0.2, 0.25) is 0 Å². The molecule has 1 fully saturated rings. The summed E-state index contributed by atoms with van der Waals surface area (Å²) in [6.45, 7) is 1.54. The van der Waals surface area contributed by atoms with Crippen molar-refractivity contribution in [3.8, 4) is 5.75 Å².